The van der Waals surface area contributed by atoms with Crippen LogP contribution in [0.2, 0.25) is 0 Å². The van der Waals surface area contributed by atoms with Gasteiger partial charge in [0.2, 0.25) is 5.91 Å². The van der Waals surface area contributed by atoms with Gasteiger partial charge < -0.3 is 15.0 Å². The summed E-state index contributed by atoms with van der Waals surface area (Å²) < 4.78 is 7.39. The van der Waals surface area contributed by atoms with E-state index in [9.17, 15) is 9.59 Å². The van der Waals surface area contributed by atoms with Gasteiger partial charge in [-0.3, -0.25) is 14.4 Å². The molecule has 2 fully saturated rings. The molecule has 9 heteroatoms. The van der Waals surface area contributed by atoms with Crippen LogP contribution in [0.25, 0.3) is 0 Å². The van der Waals surface area contributed by atoms with E-state index in [1.165, 1.54) is 0 Å². The second-order valence-corrected chi connectivity index (χ2v) is 6.40. The summed E-state index contributed by atoms with van der Waals surface area (Å²) in [7, 11) is 0. The van der Waals surface area contributed by atoms with E-state index in [-0.39, 0.29) is 31.0 Å². The average Bonchev–Trinajstić information content (AvgIpc) is 3.18. The van der Waals surface area contributed by atoms with E-state index in [2.05, 4.69) is 10.4 Å². The molecular weight excluding hydrogens is 346 g/mol. The minimum Gasteiger partial charge on any atom is -0.441 e. The van der Waals surface area contributed by atoms with Crippen LogP contribution in [0.1, 0.15) is 19.8 Å². The quantitative estimate of drug-likeness (QED) is 0.797. The van der Waals surface area contributed by atoms with Crippen molar-refractivity contribution >= 4 is 24.4 Å². The van der Waals surface area contributed by atoms with Crippen LogP contribution in [0.5, 0.6) is 0 Å². The molecule has 2 aliphatic heterocycles. The Balaban J connectivity index is 0.00000225. The van der Waals surface area contributed by atoms with Gasteiger partial charge in [-0.05, 0) is 26.1 Å². The third-order valence-corrected chi connectivity index (χ3v) is 4.77. The molecule has 0 radical (unpaired) electrons. The maximum absolute atomic E-state index is 12.5. The van der Waals surface area contributed by atoms with Gasteiger partial charge in [0.15, 0.2) is 0 Å². The fourth-order valence-corrected chi connectivity index (χ4v) is 3.34. The summed E-state index contributed by atoms with van der Waals surface area (Å²) in [5.41, 5.74) is -0.408. The molecule has 8 nitrogen and oxygen atoms in total. The van der Waals surface area contributed by atoms with Crippen LogP contribution in [0.4, 0.5) is 4.79 Å². The zero-order chi connectivity index (χ0) is 17.0. The standard InChI is InChI=1S/C16H25N5O3.ClH/c1-2-19(10-11-21-9-3-6-18-21)14(22)12-20-13-16(24-15(20)23)4-7-17-8-5-16;/h3,6,9,17H,2,4-5,7-8,10-13H2,1H3;1H. The Hall–Kier alpha value is -1.80. The molecule has 0 aromatic carbocycles. The predicted molar refractivity (Wildman–Crippen MR) is 94.6 cm³/mol. The van der Waals surface area contributed by atoms with Crippen LogP contribution in [-0.4, -0.2) is 76.5 Å². The highest BCUT2D eigenvalue weighted by molar-refractivity contribution is 5.85. The smallest absolute Gasteiger partial charge is 0.410 e. The number of piperidine rings is 1. The van der Waals surface area contributed by atoms with E-state index < -0.39 is 5.60 Å². The van der Waals surface area contributed by atoms with Crippen molar-refractivity contribution in [2.45, 2.75) is 31.9 Å². The second kappa shape index (κ2) is 8.53. The van der Waals surface area contributed by atoms with Crippen molar-refractivity contribution in [1.82, 2.24) is 24.9 Å². The fraction of sp³-hybridized carbons (Fsp3) is 0.688. The molecule has 1 spiro atoms. The van der Waals surface area contributed by atoms with Crippen molar-refractivity contribution in [2.75, 3.05) is 39.3 Å². The Morgan fingerprint density at radius 1 is 1.44 bits per heavy atom. The predicted octanol–water partition coefficient (Wildman–Crippen LogP) is 0.728. The van der Waals surface area contributed by atoms with Crippen LogP contribution in [0.3, 0.4) is 0 Å². The number of carbonyl (C=O) groups excluding carboxylic acids is 2. The Labute approximate surface area is 153 Å². The van der Waals surface area contributed by atoms with Crippen LogP contribution in [-0.2, 0) is 16.1 Å². The molecule has 2 saturated heterocycles. The highest BCUT2D eigenvalue weighted by Gasteiger charge is 2.46. The zero-order valence-corrected chi connectivity index (χ0v) is 15.3. The summed E-state index contributed by atoms with van der Waals surface area (Å²) in [6.07, 6.45) is 4.84. The maximum Gasteiger partial charge on any atom is 0.410 e. The Morgan fingerprint density at radius 2 is 2.20 bits per heavy atom. The number of rotatable bonds is 6. The lowest BCUT2D eigenvalue weighted by atomic mass is 9.92. The third kappa shape index (κ3) is 4.64. The minimum atomic E-state index is -0.408. The number of nitrogens with zero attached hydrogens (tertiary/aromatic N) is 4. The summed E-state index contributed by atoms with van der Waals surface area (Å²) in [4.78, 5) is 28.0. The minimum absolute atomic E-state index is 0. The van der Waals surface area contributed by atoms with Gasteiger partial charge in [0.25, 0.3) is 0 Å². The normalized spacial score (nSPS) is 18.8. The number of hydrogen-bond acceptors (Lipinski definition) is 5. The zero-order valence-electron chi connectivity index (χ0n) is 14.5. The molecule has 1 aromatic heterocycles. The van der Waals surface area contributed by atoms with Crippen LogP contribution < -0.4 is 5.32 Å². The summed E-state index contributed by atoms with van der Waals surface area (Å²) >= 11 is 0. The SMILES string of the molecule is CCN(CCn1cccn1)C(=O)CN1CC2(CCNCC2)OC1=O.Cl. The van der Waals surface area contributed by atoms with Crippen LogP contribution in [0.15, 0.2) is 18.5 Å². The lowest BCUT2D eigenvalue weighted by Gasteiger charge is -2.31. The third-order valence-electron chi connectivity index (χ3n) is 4.77. The number of halogens is 1. The van der Waals surface area contributed by atoms with Crippen molar-refractivity contribution in [3.63, 3.8) is 0 Å². The first-order valence-corrected chi connectivity index (χ1v) is 8.56. The van der Waals surface area contributed by atoms with E-state index >= 15 is 0 Å². The highest BCUT2D eigenvalue weighted by Crippen LogP contribution is 2.30. The molecule has 1 N–H and O–H groups in total. The number of carbonyl (C=O) groups is 2. The summed E-state index contributed by atoms with van der Waals surface area (Å²) in [5.74, 6) is -0.0485. The van der Waals surface area contributed by atoms with Crippen molar-refractivity contribution in [3.8, 4) is 0 Å². The number of hydrogen-bond donors (Lipinski definition) is 1. The molecule has 3 heterocycles. The molecule has 2 amide bonds. The van der Waals surface area contributed by atoms with Gasteiger partial charge in [-0.2, -0.15) is 5.10 Å². The molecular formula is C16H26ClN5O3. The summed E-state index contributed by atoms with van der Waals surface area (Å²) in [6, 6.07) is 1.86. The Morgan fingerprint density at radius 3 is 2.84 bits per heavy atom. The fourth-order valence-electron chi connectivity index (χ4n) is 3.34. The molecule has 3 rings (SSSR count). The molecule has 1 aromatic rings. The van der Waals surface area contributed by atoms with Gasteiger partial charge >= 0.3 is 6.09 Å². The largest absolute Gasteiger partial charge is 0.441 e. The lowest BCUT2D eigenvalue weighted by Crippen LogP contribution is -2.46. The first kappa shape index (κ1) is 19.5. The van der Waals surface area contributed by atoms with Gasteiger partial charge in [-0.1, -0.05) is 0 Å². The van der Waals surface area contributed by atoms with Crippen LogP contribution >= 0.6 is 12.4 Å². The van der Waals surface area contributed by atoms with E-state index in [4.69, 9.17) is 4.74 Å². The number of aromatic nitrogens is 2. The Bertz CT molecular complexity index is 574. The highest BCUT2D eigenvalue weighted by atomic mass is 35.5. The molecule has 0 aliphatic carbocycles. The van der Waals surface area contributed by atoms with Gasteiger partial charge in [0, 0.05) is 38.3 Å². The molecule has 140 valence electrons. The van der Waals surface area contributed by atoms with Crippen molar-refractivity contribution in [1.29, 1.82) is 0 Å². The first-order chi connectivity index (χ1) is 11.6. The average molecular weight is 372 g/mol. The van der Waals surface area contributed by atoms with E-state index in [1.807, 2.05) is 19.2 Å². The van der Waals surface area contributed by atoms with Crippen molar-refractivity contribution in [3.05, 3.63) is 18.5 Å². The van der Waals surface area contributed by atoms with Gasteiger partial charge in [-0.25, -0.2) is 4.79 Å². The Kier molecular flexibility index (Phi) is 6.66. The number of likely N-dealkylation sites (N-methyl/N-ethyl adjacent to an activating group) is 1. The molecule has 2 aliphatic rings. The van der Waals surface area contributed by atoms with Crippen LogP contribution in [0, 0.1) is 0 Å². The molecule has 0 atom stereocenters. The van der Waals surface area contributed by atoms with Crippen molar-refractivity contribution in [2.24, 2.45) is 0 Å². The van der Waals surface area contributed by atoms with E-state index in [0.717, 1.165) is 25.9 Å². The lowest BCUT2D eigenvalue weighted by molar-refractivity contribution is -0.131. The molecule has 0 bridgehead atoms. The van der Waals surface area contributed by atoms with E-state index in [1.54, 1.807) is 20.7 Å². The molecule has 0 unspecified atom stereocenters. The monoisotopic (exact) mass is 371 g/mol. The molecule has 0 saturated carbocycles. The summed E-state index contributed by atoms with van der Waals surface area (Å²) in [5, 5.41) is 7.41. The van der Waals surface area contributed by atoms with Gasteiger partial charge in [-0.15, -0.1) is 12.4 Å². The van der Waals surface area contributed by atoms with Gasteiger partial charge in [0.05, 0.1) is 13.1 Å². The summed E-state index contributed by atoms with van der Waals surface area (Å²) in [6.45, 7) is 6.06. The maximum atomic E-state index is 12.5. The first-order valence-electron chi connectivity index (χ1n) is 8.56. The second-order valence-electron chi connectivity index (χ2n) is 6.40. The topological polar surface area (TPSA) is 79.7 Å². The molecule has 25 heavy (non-hydrogen) atoms. The number of ether oxygens (including phenoxy) is 1. The van der Waals surface area contributed by atoms with E-state index in [0.29, 0.717) is 26.2 Å². The van der Waals surface area contributed by atoms with Gasteiger partial charge in [0.1, 0.15) is 12.1 Å². The van der Waals surface area contributed by atoms with Crippen molar-refractivity contribution < 1.29 is 14.3 Å². The number of amides is 2. The number of nitrogens with one attached hydrogen (secondary N) is 1.